The smallest absolute Gasteiger partial charge is 0.213 e. The molecule has 0 saturated carbocycles. The second kappa shape index (κ2) is 14.0. The summed E-state index contributed by atoms with van der Waals surface area (Å²) in [6.45, 7) is 24.0. The summed E-state index contributed by atoms with van der Waals surface area (Å²) in [6, 6.07) is 8.59. The number of rotatable bonds is 12. The second-order valence-corrected chi connectivity index (χ2v) is 15.1. The Kier molecular flexibility index (Phi) is 10.9. The molecule has 0 spiro atoms. The number of hydrogen-bond donors (Lipinski definition) is 3. The number of pyridine rings is 2. The molecule has 0 aliphatic carbocycles. The molecule has 0 amide bonds. The minimum atomic E-state index is -0.0236. The van der Waals surface area contributed by atoms with E-state index in [4.69, 9.17) is 24.4 Å². The van der Waals surface area contributed by atoms with Crippen LogP contribution >= 0.6 is 0 Å². The van der Waals surface area contributed by atoms with Crippen LogP contribution in [0.15, 0.2) is 30.5 Å². The third kappa shape index (κ3) is 10.8. The summed E-state index contributed by atoms with van der Waals surface area (Å²) >= 11 is 0. The van der Waals surface area contributed by atoms with Crippen molar-refractivity contribution in [2.75, 3.05) is 19.8 Å². The first-order valence-electron chi connectivity index (χ1n) is 15.9. The minimum absolute atomic E-state index is 0.0233. The summed E-state index contributed by atoms with van der Waals surface area (Å²) in [5.74, 6) is 2.21. The predicted molar refractivity (Wildman–Crippen MR) is 174 cm³/mol. The van der Waals surface area contributed by atoms with Crippen LogP contribution in [0.2, 0.25) is 0 Å². The van der Waals surface area contributed by atoms with Crippen molar-refractivity contribution >= 4 is 11.2 Å². The quantitative estimate of drug-likeness (QED) is 0.250. The maximum Gasteiger partial charge on any atom is 0.213 e. The van der Waals surface area contributed by atoms with Gasteiger partial charge in [-0.25, -0.2) is 15.0 Å². The molecule has 1 fully saturated rings. The molecule has 9 nitrogen and oxygen atoms in total. The van der Waals surface area contributed by atoms with Gasteiger partial charge in [0.2, 0.25) is 5.88 Å². The van der Waals surface area contributed by atoms with Crippen LogP contribution in [0.5, 0.6) is 5.88 Å². The van der Waals surface area contributed by atoms with Gasteiger partial charge in [0.15, 0.2) is 5.65 Å². The largest absolute Gasteiger partial charge is 0.478 e. The zero-order valence-corrected chi connectivity index (χ0v) is 28.0. The van der Waals surface area contributed by atoms with E-state index in [9.17, 15) is 0 Å². The third-order valence-corrected chi connectivity index (χ3v) is 7.55. The zero-order chi connectivity index (χ0) is 31.3. The van der Waals surface area contributed by atoms with E-state index in [0.29, 0.717) is 44.1 Å². The average Bonchev–Trinajstić information content (AvgIpc) is 3.26. The molecule has 0 aromatic carbocycles. The van der Waals surface area contributed by atoms with Crippen molar-refractivity contribution in [2.45, 2.75) is 124 Å². The topological polar surface area (TPSA) is 98.2 Å². The molecule has 1 aliphatic rings. The Morgan fingerprint density at radius 2 is 1.63 bits per heavy atom. The maximum absolute atomic E-state index is 6.42. The second-order valence-electron chi connectivity index (χ2n) is 15.1. The summed E-state index contributed by atoms with van der Waals surface area (Å²) in [5.41, 5.74) is 3.85. The van der Waals surface area contributed by atoms with Crippen LogP contribution < -0.4 is 20.7 Å². The maximum atomic E-state index is 6.42. The van der Waals surface area contributed by atoms with E-state index >= 15 is 0 Å². The Labute approximate surface area is 259 Å². The van der Waals surface area contributed by atoms with Crippen LogP contribution in [0.25, 0.3) is 11.2 Å². The molecule has 0 radical (unpaired) electrons. The van der Waals surface area contributed by atoms with Gasteiger partial charge in [-0.3, -0.25) is 0 Å². The highest BCUT2D eigenvalue weighted by Crippen LogP contribution is 2.24. The summed E-state index contributed by atoms with van der Waals surface area (Å²) in [6.07, 6.45) is 4.93. The normalized spacial score (nSPS) is 16.1. The Hall–Kier alpha value is -2.59. The van der Waals surface area contributed by atoms with Gasteiger partial charge in [0, 0.05) is 54.7 Å². The van der Waals surface area contributed by atoms with E-state index in [2.05, 4.69) is 95.0 Å². The number of aromatic nitrogens is 4. The van der Waals surface area contributed by atoms with Crippen molar-refractivity contribution in [3.8, 4) is 5.88 Å². The molecule has 3 aromatic rings. The van der Waals surface area contributed by atoms with Crippen molar-refractivity contribution in [3.63, 3.8) is 0 Å². The molecular weight excluding hydrogens is 538 g/mol. The van der Waals surface area contributed by atoms with E-state index < -0.39 is 0 Å². The predicted octanol–water partition coefficient (Wildman–Crippen LogP) is 5.60. The molecule has 1 unspecified atom stereocenters. The van der Waals surface area contributed by atoms with Crippen LogP contribution in [-0.4, -0.2) is 62.0 Å². The molecule has 9 heteroatoms. The van der Waals surface area contributed by atoms with E-state index in [0.717, 1.165) is 60.7 Å². The Morgan fingerprint density at radius 1 is 0.930 bits per heavy atom. The zero-order valence-electron chi connectivity index (χ0n) is 28.0. The van der Waals surface area contributed by atoms with Crippen molar-refractivity contribution in [2.24, 2.45) is 5.92 Å². The first kappa shape index (κ1) is 33.3. The van der Waals surface area contributed by atoms with Crippen molar-refractivity contribution in [1.82, 2.24) is 35.5 Å². The van der Waals surface area contributed by atoms with Crippen LogP contribution in [-0.2, 0) is 24.4 Å². The lowest BCUT2D eigenvalue weighted by atomic mass is 9.88. The van der Waals surface area contributed by atoms with Gasteiger partial charge in [0.1, 0.15) is 11.3 Å². The standard InChI is InChI=1S/C34H55N7O2/c1-32(2,3)36-21-26-19-24(23-41-29(22-37-33(4,5)6)39-28-11-10-15-35-31(28)41)20-30(38-26)43-18-14-27(40-34(7,8)9)25-12-16-42-17-13-25/h10-11,15,19-20,25,27,36-37,40H,12-14,16-18,21-23H2,1-9H3. The molecule has 3 N–H and O–H groups in total. The van der Waals surface area contributed by atoms with E-state index in [1.54, 1.807) is 0 Å². The molecule has 1 atom stereocenters. The van der Waals surface area contributed by atoms with Gasteiger partial charge in [0.25, 0.3) is 0 Å². The lowest BCUT2D eigenvalue weighted by Gasteiger charge is -2.36. The number of imidazole rings is 1. The number of nitrogens with zero attached hydrogens (tertiary/aromatic N) is 4. The van der Waals surface area contributed by atoms with Crippen molar-refractivity contribution in [1.29, 1.82) is 0 Å². The fourth-order valence-electron chi connectivity index (χ4n) is 5.46. The van der Waals surface area contributed by atoms with Gasteiger partial charge in [-0.2, -0.15) is 0 Å². The molecule has 3 aromatic heterocycles. The van der Waals surface area contributed by atoms with Gasteiger partial charge in [0.05, 0.1) is 25.4 Å². The highest BCUT2D eigenvalue weighted by Gasteiger charge is 2.27. The number of fused-ring (bicyclic) bond motifs is 1. The fraction of sp³-hybridized carbons (Fsp3) is 0.676. The number of hydrogen-bond acceptors (Lipinski definition) is 8. The highest BCUT2D eigenvalue weighted by atomic mass is 16.5. The van der Waals surface area contributed by atoms with Gasteiger partial charge in [-0.15, -0.1) is 0 Å². The first-order chi connectivity index (χ1) is 20.2. The molecular formula is C34H55N7O2. The van der Waals surface area contributed by atoms with Crippen LogP contribution in [0.1, 0.15) is 98.7 Å². The SMILES string of the molecule is CC(C)(C)NCc1cc(Cn2c(CNC(C)(C)C)nc3cccnc32)cc(OCCC(NC(C)(C)C)C2CCOCC2)n1. The fourth-order valence-corrected chi connectivity index (χ4v) is 5.46. The summed E-state index contributed by atoms with van der Waals surface area (Å²) in [7, 11) is 0. The van der Waals surface area contributed by atoms with E-state index in [1.807, 2.05) is 18.3 Å². The van der Waals surface area contributed by atoms with Crippen LogP contribution in [0.4, 0.5) is 0 Å². The Bertz CT molecular complexity index is 1310. The van der Waals surface area contributed by atoms with Gasteiger partial charge >= 0.3 is 0 Å². The Balaban J connectivity index is 1.57. The van der Waals surface area contributed by atoms with Crippen LogP contribution in [0.3, 0.4) is 0 Å². The molecule has 43 heavy (non-hydrogen) atoms. The lowest BCUT2D eigenvalue weighted by Crippen LogP contribution is -2.49. The number of ether oxygens (including phenoxy) is 2. The molecule has 1 saturated heterocycles. The molecule has 238 valence electrons. The minimum Gasteiger partial charge on any atom is -0.478 e. The molecule has 1 aliphatic heterocycles. The van der Waals surface area contributed by atoms with Gasteiger partial charge in [-0.1, -0.05) is 0 Å². The van der Waals surface area contributed by atoms with Crippen LogP contribution in [0, 0.1) is 5.92 Å². The Morgan fingerprint density at radius 3 is 2.30 bits per heavy atom. The van der Waals surface area contributed by atoms with E-state index in [1.165, 1.54) is 0 Å². The van der Waals surface area contributed by atoms with Gasteiger partial charge in [-0.05, 0) is 111 Å². The molecule has 0 bridgehead atoms. The first-order valence-corrected chi connectivity index (χ1v) is 15.9. The van der Waals surface area contributed by atoms with Crippen molar-refractivity contribution in [3.05, 3.63) is 47.5 Å². The van der Waals surface area contributed by atoms with E-state index in [-0.39, 0.29) is 16.6 Å². The van der Waals surface area contributed by atoms with Crippen molar-refractivity contribution < 1.29 is 9.47 Å². The average molecular weight is 594 g/mol. The summed E-state index contributed by atoms with van der Waals surface area (Å²) in [4.78, 5) is 14.6. The summed E-state index contributed by atoms with van der Waals surface area (Å²) in [5, 5.41) is 11.0. The molecule has 4 heterocycles. The third-order valence-electron chi connectivity index (χ3n) is 7.55. The van der Waals surface area contributed by atoms with Gasteiger partial charge < -0.3 is 30.0 Å². The number of nitrogens with one attached hydrogen (secondary N) is 3. The lowest BCUT2D eigenvalue weighted by molar-refractivity contribution is 0.0462. The monoisotopic (exact) mass is 593 g/mol. The molecule has 4 rings (SSSR count). The highest BCUT2D eigenvalue weighted by molar-refractivity contribution is 5.71. The summed E-state index contributed by atoms with van der Waals surface area (Å²) < 4.78 is 14.3.